The first kappa shape index (κ1) is 7.35. The molecule has 9 heavy (non-hydrogen) atoms. The zero-order valence-corrected chi connectivity index (χ0v) is 7.61. The normalized spacial score (nSPS) is 9.67. The average Bonchev–Trinajstić information content (AvgIpc) is 1.83. The first-order chi connectivity index (χ1) is 4.22. The Hall–Kier alpha value is 0.240. The van der Waals surface area contributed by atoms with Crippen LogP contribution in [-0.4, -0.2) is 0 Å². The van der Waals surface area contributed by atoms with Crippen molar-refractivity contribution in [2.24, 2.45) is 0 Å². The number of hydrogen-bond acceptors (Lipinski definition) is 0. The Morgan fingerprint density at radius 1 is 1.44 bits per heavy atom. The van der Waals surface area contributed by atoms with Crippen molar-refractivity contribution < 1.29 is 0 Å². The summed E-state index contributed by atoms with van der Waals surface area (Å²) >= 11 is 7.95. The van der Waals surface area contributed by atoms with E-state index in [0.717, 1.165) is 14.2 Å². The van der Waals surface area contributed by atoms with Crippen molar-refractivity contribution in [2.45, 2.75) is 0 Å². The average molecular weight is 251 g/mol. The summed E-state index contributed by atoms with van der Waals surface area (Å²) < 4.78 is 1.11. The molecule has 0 bridgehead atoms. The first-order valence-corrected chi connectivity index (χ1v) is 3.93. The highest BCUT2D eigenvalue weighted by atomic mass is 127. The van der Waals surface area contributed by atoms with Gasteiger partial charge in [-0.2, -0.15) is 0 Å². The first-order valence-electron chi connectivity index (χ1n) is 2.48. The van der Waals surface area contributed by atoms with E-state index in [1.165, 1.54) is 0 Å². The molecule has 2 heteroatoms. The van der Waals surface area contributed by atoms with Crippen LogP contribution in [0.2, 0.25) is 5.02 Å². The van der Waals surface area contributed by atoms with Gasteiger partial charge in [-0.25, -0.2) is 0 Å². The van der Waals surface area contributed by atoms with Crippen molar-refractivity contribution in [3.63, 3.8) is 0 Å². The highest BCUT2D eigenvalue weighted by molar-refractivity contribution is 14.1. The monoisotopic (exact) mass is 251 g/mol. The van der Waals surface area contributed by atoms with Crippen LogP contribution in [-0.2, 0) is 0 Å². The van der Waals surface area contributed by atoms with E-state index in [-0.39, 0.29) is 0 Å². The predicted octanol–water partition coefficient (Wildman–Crippen LogP) is 3.13. The Kier molecular flexibility index (Phi) is 2.35. The van der Waals surface area contributed by atoms with E-state index in [9.17, 15) is 0 Å². The second-order valence-electron chi connectivity index (χ2n) is 1.70. The van der Waals surface area contributed by atoms with E-state index in [0.29, 0.717) is 0 Å². The third-order valence-corrected chi connectivity index (χ3v) is 2.43. The molecular formula is C7H5ClI. The lowest BCUT2D eigenvalue weighted by Crippen LogP contribution is -1.78. The quantitative estimate of drug-likeness (QED) is 0.622. The summed E-state index contributed by atoms with van der Waals surface area (Å²) in [5, 5.41) is 0.738. The van der Waals surface area contributed by atoms with Crippen LogP contribution in [0.25, 0.3) is 0 Å². The summed E-state index contributed by atoms with van der Waals surface area (Å²) in [6.45, 7) is 3.78. The molecule has 0 saturated carbocycles. The fraction of sp³-hybridized carbons (Fsp3) is 0. The molecule has 1 aromatic carbocycles. The van der Waals surface area contributed by atoms with E-state index in [1.54, 1.807) is 0 Å². The van der Waals surface area contributed by atoms with Crippen molar-refractivity contribution in [3.8, 4) is 0 Å². The predicted molar refractivity (Wildman–Crippen MR) is 48.6 cm³/mol. The standard InChI is InChI=1S/C7H5ClI/c1-5-6(8)3-2-4-7(5)9/h2-4H,1H2. The van der Waals surface area contributed by atoms with E-state index in [2.05, 4.69) is 29.5 Å². The third-order valence-electron chi connectivity index (χ3n) is 1.06. The number of hydrogen-bond donors (Lipinski definition) is 0. The lowest BCUT2D eigenvalue weighted by molar-refractivity contribution is 1.55. The Bertz CT molecular complexity index is 200. The van der Waals surface area contributed by atoms with Crippen LogP contribution in [0.1, 0.15) is 5.56 Å². The van der Waals surface area contributed by atoms with Gasteiger partial charge in [-0.3, -0.25) is 0 Å². The second kappa shape index (κ2) is 2.88. The minimum Gasteiger partial charge on any atom is -0.0840 e. The molecule has 0 fully saturated rings. The molecule has 0 atom stereocenters. The molecular weight excluding hydrogens is 246 g/mol. The van der Waals surface area contributed by atoms with Gasteiger partial charge in [0.2, 0.25) is 0 Å². The van der Waals surface area contributed by atoms with Crippen molar-refractivity contribution in [1.82, 2.24) is 0 Å². The van der Waals surface area contributed by atoms with Crippen molar-refractivity contribution in [1.29, 1.82) is 0 Å². The van der Waals surface area contributed by atoms with Crippen LogP contribution in [0.5, 0.6) is 0 Å². The molecule has 0 aromatic heterocycles. The van der Waals surface area contributed by atoms with E-state index in [1.807, 2.05) is 18.2 Å². The van der Waals surface area contributed by atoms with Gasteiger partial charge in [0, 0.05) is 8.59 Å². The number of rotatable bonds is 0. The molecule has 1 aromatic rings. The van der Waals surface area contributed by atoms with Gasteiger partial charge >= 0.3 is 0 Å². The van der Waals surface area contributed by atoms with Crippen LogP contribution in [0, 0.1) is 10.5 Å². The summed E-state index contributed by atoms with van der Waals surface area (Å²) in [6.07, 6.45) is 0. The summed E-state index contributed by atoms with van der Waals surface area (Å²) in [7, 11) is 0. The molecule has 0 aliphatic heterocycles. The van der Waals surface area contributed by atoms with Gasteiger partial charge in [0.25, 0.3) is 0 Å². The molecule has 0 N–H and O–H groups in total. The van der Waals surface area contributed by atoms with Gasteiger partial charge in [0.1, 0.15) is 0 Å². The fourth-order valence-electron chi connectivity index (χ4n) is 0.532. The van der Waals surface area contributed by atoms with Gasteiger partial charge in [-0.05, 0) is 47.2 Å². The Morgan fingerprint density at radius 2 is 2.11 bits per heavy atom. The maximum absolute atomic E-state index is 5.75. The smallest absolute Gasteiger partial charge is 0.0448 e. The number of halogens is 2. The van der Waals surface area contributed by atoms with Crippen molar-refractivity contribution in [2.75, 3.05) is 0 Å². The summed E-state index contributed by atoms with van der Waals surface area (Å²) in [6, 6.07) is 5.74. The molecule has 0 aliphatic carbocycles. The Labute approximate surface area is 73.4 Å². The molecule has 0 spiro atoms. The molecule has 0 amide bonds. The van der Waals surface area contributed by atoms with E-state index >= 15 is 0 Å². The molecule has 0 saturated heterocycles. The third kappa shape index (κ3) is 1.58. The molecule has 1 radical (unpaired) electrons. The van der Waals surface area contributed by atoms with Gasteiger partial charge < -0.3 is 0 Å². The van der Waals surface area contributed by atoms with Crippen LogP contribution >= 0.6 is 34.2 Å². The number of benzene rings is 1. The van der Waals surface area contributed by atoms with Gasteiger partial charge in [-0.1, -0.05) is 17.7 Å². The van der Waals surface area contributed by atoms with Gasteiger partial charge in [0.15, 0.2) is 0 Å². The fourth-order valence-corrected chi connectivity index (χ4v) is 1.36. The van der Waals surface area contributed by atoms with E-state index in [4.69, 9.17) is 11.6 Å². The molecule has 0 nitrogen and oxygen atoms in total. The topological polar surface area (TPSA) is 0 Å². The lowest BCUT2D eigenvalue weighted by Gasteiger charge is -1.97. The molecule has 1 rings (SSSR count). The maximum atomic E-state index is 5.75. The highest BCUT2D eigenvalue weighted by Gasteiger charge is 1.95. The maximum Gasteiger partial charge on any atom is 0.0448 e. The Balaban J connectivity index is 3.25. The second-order valence-corrected chi connectivity index (χ2v) is 3.27. The SMILES string of the molecule is [CH2]c1c(Cl)cccc1I. The molecule has 47 valence electrons. The lowest BCUT2D eigenvalue weighted by atomic mass is 10.2. The van der Waals surface area contributed by atoms with Crippen LogP contribution in [0.15, 0.2) is 18.2 Å². The summed E-state index contributed by atoms with van der Waals surface area (Å²) in [4.78, 5) is 0. The van der Waals surface area contributed by atoms with E-state index < -0.39 is 0 Å². The highest BCUT2D eigenvalue weighted by Crippen LogP contribution is 2.19. The summed E-state index contributed by atoms with van der Waals surface area (Å²) in [5.74, 6) is 0. The molecule has 0 aliphatic rings. The largest absolute Gasteiger partial charge is 0.0840 e. The minimum absolute atomic E-state index is 0.738. The minimum atomic E-state index is 0.738. The van der Waals surface area contributed by atoms with Gasteiger partial charge in [0.05, 0.1) is 0 Å². The van der Waals surface area contributed by atoms with Gasteiger partial charge in [-0.15, -0.1) is 0 Å². The van der Waals surface area contributed by atoms with Crippen molar-refractivity contribution in [3.05, 3.63) is 39.3 Å². The zero-order chi connectivity index (χ0) is 6.85. The zero-order valence-electron chi connectivity index (χ0n) is 4.70. The molecule has 0 unspecified atom stereocenters. The van der Waals surface area contributed by atoms with Crippen LogP contribution < -0.4 is 0 Å². The van der Waals surface area contributed by atoms with Crippen LogP contribution in [0.3, 0.4) is 0 Å². The summed E-state index contributed by atoms with van der Waals surface area (Å²) in [5.41, 5.74) is 0.916. The van der Waals surface area contributed by atoms with Crippen molar-refractivity contribution >= 4 is 34.2 Å². The Morgan fingerprint density at radius 3 is 2.56 bits per heavy atom. The molecule has 0 heterocycles. The van der Waals surface area contributed by atoms with Crippen LogP contribution in [0.4, 0.5) is 0 Å².